The maximum absolute atomic E-state index is 11.2. The van der Waals surface area contributed by atoms with E-state index in [2.05, 4.69) is 43.8 Å². The average molecular weight is 225 g/mol. The quantitative estimate of drug-likeness (QED) is 0.714. The van der Waals surface area contributed by atoms with Gasteiger partial charge in [-0.1, -0.05) is 20.8 Å². The summed E-state index contributed by atoms with van der Waals surface area (Å²) in [4.78, 5) is 11.2. The third-order valence-corrected chi connectivity index (χ3v) is 3.24. The van der Waals surface area contributed by atoms with Crippen LogP contribution < -0.4 is 5.32 Å². The van der Waals surface area contributed by atoms with Crippen molar-refractivity contribution in [1.82, 2.24) is 5.32 Å². The van der Waals surface area contributed by atoms with Gasteiger partial charge in [-0.05, 0) is 12.3 Å². The van der Waals surface area contributed by atoms with E-state index in [-0.39, 0.29) is 17.4 Å². The van der Waals surface area contributed by atoms with E-state index >= 15 is 0 Å². The van der Waals surface area contributed by atoms with Crippen LogP contribution in [0.4, 0.5) is 0 Å². The lowest BCUT2D eigenvalue weighted by Gasteiger charge is -2.26. The third-order valence-electron chi connectivity index (χ3n) is 3.24. The molecule has 0 aliphatic carbocycles. The fourth-order valence-corrected chi connectivity index (χ4v) is 2.06. The van der Waals surface area contributed by atoms with Gasteiger partial charge in [-0.2, -0.15) is 0 Å². The Kier molecular flexibility index (Phi) is 4.11. The first-order valence-corrected chi connectivity index (χ1v) is 6.18. The summed E-state index contributed by atoms with van der Waals surface area (Å²) < 4.78 is 2.37. The van der Waals surface area contributed by atoms with Crippen molar-refractivity contribution in [3.05, 3.63) is 0 Å². The lowest BCUT2D eigenvalue weighted by Crippen LogP contribution is -2.46. The van der Waals surface area contributed by atoms with Crippen LogP contribution in [-0.4, -0.2) is 35.3 Å². The van der Waals surface area contributed by atoms with Crippen molar-refractivity contribution < 1.29 is 9.37 Å². The van der Waals surface area contributed by atoms with Gasteiger partial charge in [0.05, 0.1) is 0 Å². The van der Waals surface area contributed by atoms with Crippen LogP contribution >= 0.6 is 0 Å². The van der Waals surface area contributed by atoms with Gasteiger partial charge in [0.2, 0.25) is 5.91 Å². The normalized spacial score (nSPS) is 25.8. The minimum atomic E-state index is 0.0445. The van der Waals surface area contributed by atoms with E-state index < -0.39 is 0 Å². The molecule has 0 aromatic rings. The first-order chi connectivity index (χ1) is 7.30. The maximum Gasteiger partial charge on any atom is 0.217 e. The Morgan fingerprint density at radius 1 is 1.50 bits per heavy atom. The Balaban J connectivity index is 2.81. The third kappa shape index (κ3) is 3.62. The largest absolute Gasteiger partial charge is 0.344 e. The Morgan fingerprint density at radius 3 is 2.50 bits per heavy atom. The fraction of sp³-hybridized carbons (Fsp3) is 0.846. The molecule has 2 atom stereocenters. The van der Waals surface area contributed by atoms with Gasteiger partial charge in [0.15, 0.2) is 6.21 Å². The number of nitrogens with one attached hydrogen (secondary N) is 1. The van der Waals surface area contributed by atoms with Crippen molar-refractivity contribution in [2.24, 2.45) is 5.41 Å². The Morgan fingerprint density at radius 2 is 2.12 bits per heavy atom. The summed E-state index contributed by atoms with van der Waals surface area (Å²) in [7, 11) is 0. The van der Waals surface area contributed by atoms with E-state index in [0.717, 1.165) is 6.54 Å². The highest BCUT2D eigenvalue weighted by atomic mass is 16.1. The topological polar surface area (TPSA) is 32.1 Å². The number of hydrogen-bond donors (Lipinski definition) is 1. The maximum atomic E-state index is 11.2. The fourth-order valence-electron chi connectivity index (χ4n) is 2.06. The van der Waals surface area contributed by atoms with Crippen molar-refractivity contribution >= 4 is 12.1 Å². The van der Waals surface area contributed by atoms with Gasteiger partial charge in [0.25, 0.3) is 0 Å². The second-order valence-corrected chi connectivity index (χ2v) is 5.92. The van der Waals surface area contributed by atoms with E-state index in [1.165, 1.54) is 12.8 Å². The predicted molar refractivity (Wildman–Crippen MR) is 66.9 cm³/mol. The molecule has 1 N–H and O–H groups in total. The Hall–Kier alpha value is -0.860. The summed E-state index contributed by atoms with van der Waals surface area (Å²) in [5, 5.41) is 3.03. The van der Waals surface area contributed by atoms with Gasteiger partial charge >= 0.3 is 0 Å². The second kappa shape index (κ2) is 4.98. The van der Waals surface area contributed by atoms with Crippen molar-refractivity contribution in [3.8, 4) is 0 Å². The van der Waals surface area contributed by atoms with E-state index in [9.17, 15) is 4.79 Å². The highest BCUT2D eigenvalue weighted by Crippen LogP contribution is 2.19. The molecule has 0 aromatic heterocycles. The molecule has 0 spiro atoms. The monoisotopic (exact) mass is 225 g/mol. The van der Waals surface area contributed by atoms with Crippen LogP contribution in [0.1, 0.15) is 47.5 Å². The minimum absolute atomic E-state index is 0.0445. The lowest BCUT2D eigenvalue weighted by atomic mass is 9.87. The SMILES string of the molecule is CC(=O)NC(C=[N+]1CCCC1C)C(C)(C)C. The molecule has 0 aromatic carbocycles. The minimum Gasteiger partial charge on any atom is -0.344 e. The second-order valence-electron chi connectivity index (χ2n) is 5.92. The molecule has 0 bridgehead atoms. The van der Waals surface area contributed by atoms with E-state index in [1.807, 2.05) is 0 Å². The molecule has 1 saturated heterocycles. The Labute approximate surface area is 98.9 Å². The summed E-state index contributed by atoms with van der Waals surface area (Å²) in [5.41, 5.74) is 0.0635. The number of rotatable bonds is 2. The van der Waals surface area contributed by atoms with E-state index in [0.29, 0.717) is 6.04 Å². The molecule has 16 heavy (non-hydrogen) atoms. The van der Waals surface area contributed by atoms with Gasteiger partial charge in [-0.25, -0.2) is 4.58 Å². The zero-order chi connectivity index (χ0) is 12.3. The number of amides is 1. The van der Waals surface area contributed by atoms with E-state index in [4.69, 9.17) is 0 Å². The first kappa shape index (κ1) is 13.2. The number of carbonyl (C=O) groups excluding carboxylic acids is 1. The predicted octanol–water partition coefficient (Wildman–Crippen LogP) is 1.80. The molecule has 0 saturated carbocycles. The van der Waals surface area contributed by atoms with Crippen molar-refractivity contribution in [1.29, 1.82) is 0 Å². The van der Waals surface area contributed by atoms with Gasteiger partial charge in [0.1, 0.15) is 18.6 Å². The standard InChI is InChI=1S/C13H24N2O/c1-10-7-6-8-15(10)9-12(13(3,4)5)14-11(2)16/h9-10,12H,6-8H2,1-5H3/p+1. The number of nitrogens with zero attached hydrogens (tertiary/aromatic N) is 1. The molecular formula is C13H25N2O+. The first-order valence-electron chi connectivity index (χ1n) is 6.18. The molecule has 3 nitrogen and oxygen atoms in total. The highest BCUT2D eigenvalue weighted by molar-refractivity contribution is 5.77. The molecule has 1 aliphatic heterocycles. The molecule has 1 heterocycles. The van der Waals surface area contributed by atoms with Crippen molar-refractivity contribution in [3.63, 3.8) is 0 Å². The van der Waals surface area contributed by atoms with E-state index in [1.54, 1.807) is 6.92 Å². The summed E-state index contributed by atoms with van der Waals surface area (Å²) in [6, 6.07) is 0.726. The molecule has 1 fully saturated rings. The number of hydrogen-bond acceptors (Lipinski definition) is 1. The molecular weight excluding hydrogens is 200 g/mol. The smallest absolute Gasteiger partial charge is 0.217 e. The van der Waals surface area contributed by atoms with Gasteiger partial charge in [-0.15, -0.1) is 0 Å². The molecule has 92 valence electrons. The summed E-state index contributed by atoms with van der Waals surface area (Å²) in [6.07, 6.45) is 4.72. The molecule has 3 heteroatoms. The number of carbonyl (C=O) groups is 1. The van der Waals surface area contributed by atoms with Crippen LogP contribution in [0.3, 0.4) is 0 Å². The molecule has 1 rings (SSSR count). The summed E-state index contributed by atoms with van der Waals surface area (Å²) in [6.45, 7) is 11.4. The van der Waals surface area contributed by atoms with Crippen molar-refractivity contribution in [2.45, 2.75) is 59.5 Å². The van der Waals surface area contributed by atoms with Crippen LogP contribution in [-0.2, 0) is 4.79 Å². The highest BCUT2D eigenvalue weighted by Gasteiger charge is 2.30. The van der Waals surface area contributed by atoms with Gasteiger partial charge in [0, 0.05) is 19.8 Å². The Bertz CT molecular complexity index is 289. The molecule has 1 aliphatic rings. The lowest BCUT2D eigenvalue weighted by molar-refractivity contribution is -0.537. The van der Waals surface area contributed by atoms with Gasteiger partial charge < -0.3 is 5.32 Å². The summed E-state index contributed by atoms with van der Waals surface area (Å²) >= 11 is 0. The van der Waals surface area contributed by atoms with Crippen LogP contribution in [0, 0.1) is 5.41 Å². The molecule has 1 amide bonds. The zero-order valence-electron chi connectivity index (χ0n) is 11.2. The zero-order valence-corrected chi connectivity index (χ0v) is 11.2. The van der Waals surface area contributed by atoms with Crippen LogP contribution in [0.5, 0.6) is 0 Å². The van der Waals surface area contributed by atoms with Crippen LogP contribution in [0.2, 0.25) is 0 Å². The van der Waals surface area contributed by atoms with Crippen LogP contribution in [0.25, 0.3) is 0 Å². The van der Waals surface area contributed by atoms with Crippen molar-refractivity contribution in [2.75, 3.05) is 6.54 Å². The average Bonchev–Trinajstić information content (AvgIpc) is 2.48. The summed E-state index contributed by atoms with van der Waals surface area (Å²) in [5.74, 6) is 0.0445. The van der Waals surface area contributed by atoms with Gasteiger partial charge in [-0.3, -0.25) is 4.79 Å². The molecule has 0 radical (unpaired) electrons. The van der Waals surface area contributed by atoms with Crippen LogP contribution in [0.15, 0.2) is 0 Å². The molecule has 2 unspecified atom stereocenters.